The second kappa shape index (κ2) is 7.53. The van der Waals surface area contributed by atoms with Gasteiger partial charge in [-0.2, -0.15) is 5.26 Å². The van der Waals surface area contributed by atoms with E-state index in [2.05, 4.69) is 32.2 Å². The molecule has 0 bridgehead atoms. The van der Waals surface area contributed by atoms with Gasteiger partial charge in [0.05, 0.1) is 21.1 Å². The highest BCUT2D eigenvalue weighted by atomic mass is 35.5. The van der Waals surface area contributed by atoms with Crippen molar-refractivity contribution in [2.45, 2.75) is 40.0 Å². The maximum Gasteiger partial charge on any atom is 0.270 e. The van der Waals surface area contributed by atoms with Crippen LogP contribution in [0.15, 0.2) is 18.2 Å². The van der Waals surface area contributed by atoms with Crippen LogP contribution in [0.4, 0.5) is 10.7 Å². The second-order valence-corrected chi connectivity index (χ2v) is 9.51. The monoisotopic (exact) mass is 417 g/mol. The zero-order chi connectivity index (χ0) is 20.6. The molecular weight excluding hydrogens is 398 g/mol. The average molecular weight is 418 g/mol. The molecule has 28 heavy (non-hydrogen) atoms. The van der Waals surface area contributed by atoms with E-state index < -0.39 is 10.8 Å². The van der Waals surface area contributed by atoms with E-state index in [4.69, 9.17) is 11.6 Å². The number of nitro groups is 1. The van der Waals surface area contributed by atoms with Gasteiger partial charge in [-0.25, -0.2) is 0 Å². The van der Waals surface area contributed by atoms with Gasteiger partial charge in [-0.1, -0.05) is 32.4 Å². The molecule has 1 aromatic carbocycles. The Labute approximate surface area is 172 Å². The molecule has 0 fully saturated rings. The summed E-state index contributed by atoms with van der Waals surface area (Å²) in [6.07, 6.45) is 2.70. The number of hydrogen-bond donors (Lipinski definition) is 1. The maximum absolute atomic E-state index is 12.7. The maximum atomic E-state index is 12.7. The molecule has 1 aliphatic rings. The molecule has 1 N–H and O–H groups in total. The molecule has 2 aromatic rings. The number of thiophene rings is 1. The van der Waals surface area contributed by atoms with Crippen molar-refractivity contribution >= 4 is 39.5 Å². The van der Waals surface area contributed by atoms with Crippen LogP contribution in [0.5, 0.6) is 0 Å². The Morgan fingerprint density at radius 1 is 1.43 bits per heavy atom. The molecule has 1 atom stereocenters. The largest absolute Gasteiger partial charge is 0.312 e. The summed E-state index contributed by atoms with van der Waals surface area (Å²) >= 11 is 7.48. The number of hydrogen-bond acceptors (Lipinski definition) is 5. The van der Waals surface area contributed by atoms with Crippen molar-refractivity contribution < 1.29 is 9.72 Å². The predicted molar refractivity (Wildman–Crippen MR) is 110 cm³/mol. The number of amides is 1. The Bertz CT molecular complexity index is 1000. The molecule has 6 nitrogen and oxygen atoms in total. The number of nitro benzene ring substituents is 1. The molecule has 1 amide bonds. The van der Waals surface area contributed by atoms with Crippen LogP contribution in [0, 0.1) is 32.8 Å². The van der Waals surface area contributed by atoms with Gasteiger partial charge in [-0.05, 0) is 42.2 Å². The third kappa shape index (κ3) is 3.89. The summed E-state index contributed by atoms with van der Waals surface area (Å²) in [6.45, 7) is 6.65. The molecule has 1 aliphatic carbocycles. The highest BCUT2D eigenvalue weighted by molar-refractivity contribution is 7.16. The number of halogens is 1. The number of rotatable bonds is 3. The fourth-order valence-corrected chi connectivity index (χ4v) is 4.98. The number of nitriles is 1. The van der Waals surface area contributed by atoms with Crippen LogP contribution >= 0.6 is 22.9 Å². The minimum absolute atomic E-state index is 0.0127. The number of nitrogens with one attached hydrogen (secondary N) is 1. The first-order chi connectivity index (χ1) is 13.1. The minimum Gasteiger partial charge on any atom is -0.312 e. The molecule has 3 rings (SSSR count). The van der Waals surface area contributed by atoms with E-state index in [1.54, 1.807) is 0 Å². The van der Waals surface area contributed by atoms with Gasteiger partial charge in [0.15, 0.2) is 0 Å². The van der Waals surface area contributed by atoms with Crippen molar-refractivity contribution in [1.82, 2.24) is 0 Å². The normalized spacial score (nSPS) is 16.2. The van der Waals surface area contributed by atoms with E-state index in [0.717, 1.165) is 35.8 Å². The molecule has 0 saturated heterocycles. The molecule has 1 aromatic heterocycles. The number of carbonyl (C=O) groups excluding carboxylic acids is 1. The van der Waals surface area contributed by atoms with Crippen LogP contribution in [0.25, 0.3) is 0 Å². The lowest BCUT2D eigenvalue weighted by molar-refractivity contribution is -0.384. The van der Waals surface area contributed by atoms with Crippen molar-refractivity contribution in [1.29, 1.82) is 5.26 Å². The summed E-state index contributed by atoms with van der Waals surface area (Å²) < 4.78 is 0. The van der Waals surface area contributed by atoms with Crippen LogP contribution < -0.4 is 5.32 Å². The van der Waals surface area contributed by atoms with Gasteiger partial charge in [0, 0.05) is 17.0 Å². The number of benzene rings is 1. The molecular formula is C20H20ClN3O3S. The number of anilines is 1. The Balaban J connectivity index is 1.91. The first-order valence-electron chi connectivity index (χ1n) is 8.91. The van der Waals surface area contributed by atoms with Crippen LogP contribution in [0.1, 0.15) is 53.6 Å². The Morgan fingerprint density at radius 3 is 2.75 bits per heavy atom. The van der Waals surface area contributed by atoms with Crippen molar-refractivity contribution in [2.24, 2.45) is 11.3 Å². The Morgan fingerprint density at radius 2 is 2.14 bits per heavy atom. The van der Waals surface area contributed by atoms with E-state index >= 15 is 0 Å². The van der Waals surface area contributed by atoms with Crippen molar-refractivity contribution in [2.75, 3.05) is 5.32 Å². The molecule has 8 heteroatoms. The fourth-order valence-electron chi connectivity index (χ4n) is 3.50. The lowest BCUT2D eigenvalue weighted by Gasteiger charge is -2.33. The highest BCUT2D eigenvalue weighted by Gasteiger charge is 2.32. The van der Waals surface area contributed by atoms with E-state index in [-0.39, 0.29) is 21.7 Å². The second-order valence-electron chi connectivity index (χ2n) is 8.00. The number of non-ortho nitro benzene ring substituents is 1. The molecule has 0 radical (unpaired) electrons. The van der Waals surface area contributed by atoms with E-state index in [1.165, 1.54) is 23.5 Å². The van der Waals surface area contributed by atoms with Crippen molar-refractivity contribution in [3.05, 3.63) is 54.9 Å². The summed E-state index contributed by atoms with van der Waals surface area (Å²) in [5.41, 5.74) is 1.47. The molecule has 146 valence electrons. The predicted octanol–water partition coefficient (Wildman–Crippen LogP) is 5.58. The average Bonchev–Trinajstić information content (AvgIpc) is 2.96. The Hall–Kier alpha value is -2.43. The van der Waals surface area contributed by atoms with Gasteiger partial charge in [-0.15, -0.1) is 11.3 Å². The summed E-state index contributed by atoms with van der Waals surface area (Å²) in [5, 5.41) is 24.0. The van der Waals surface area contributed by atoms with Gasteiger partial charge in [-0.3, -0.25) is 14.9 Å². The van der Waals surface area contributed by atoms with Gasteiger partial charge in [0.1, 0.15) is 11.1 Å². The molecule has 0 spiro atoms. The van der Waals surface area contributed by atoms with Crippen LogP contribution in [0.2, 0.25) is 5.02 Å². The summed E-state index contributed by atoms with van der Waals surface area (Å²) in [5.74, 6) is -0.0452. The molecule has 0 unspecified atom stereocenters. The molecule has 1 heterocycles. The fraction of sp³-hybridized carbons (Fsp3) is 0.400. The first-order valence-corrected chi connectivity index (χ1v) is 10.1. The van der Waals surface area contributed by atoms with E-state index in [1.807, 2.05) is 0 Å². The third-order valence-corrected chi connectivity index (χ3v) is 6.73. The van der Waals surface area contributed by atoms with Gasteiger partial charge in [0.2, 0.25) is 0 Å². The van der Waals surface area contributed by atoms with Crippen LogP contribution in [0.3, 0.4) is 0 Å². The summed E-state index contributed by atoms with van der Waals surface area (Å²) in [7, 11) is 0. The molecule has 0 aliphatic heterocycles. The van der Waals surface area contributed by atoms with Crippen molar-refractivity contribution in [3.63, 3.8) is 0 Å². The summed E-state index contributed by atoms with van der Waals surface area (Å²) in [4.78, 5) is 24.2. The first kappa shape index (κ1) is 20.3. The standard InChI is InChI=1S/C20H20ClN3O3S/c1-20(2,3)11-4-6-13-15(10-22)19(28-17(13)8-11)23-18(25)14-9-12(24(26)27)5-7-16(14)21/h5,7,9,11H,4,6,8H2,1-3H3,(H,23,25)/t11-/m1/s1. The van der Waals surface area contributed by atoms with Gasteiger partial charge >= 0.3 is 0 Å². The SMILES string of the molecule is CC(C)(C)[C@@H]1CCc2c(sc(NC(=O)c3cc([N+](=O)[O-])ccc3Cl)c2C#N)C1. The molecule has 0 saturated carbocycles. The lowest BCUT2D eigenvalue weighted by atomic mass is 9.72. The third-order valence-electron chi connectivity index (χ3n) is 5.23. The lowest BCUT2D eigenvalue weighted by Crippen LogP contribution is -2.26. The summed E-state index contributed by atoms with van der Waals surface area (Å²) in [6, 6.07) is 5.93. The van der Waals surface area contributed by atoms with Gasteiger partial charge in [0.25, 0.3) is 11.6 Å². The van der Waals surface area contributed by atoms with Crippen LogP contribution in [-0.4, -0.2) is 10.8 Å². The zero-order valence-corrected chi connectivity index (χ0v) is 17.4. The minimum atomic E-state index is -0.579. The smallest absolute Gasteiger partial charge is 0.270 e. The Kier molecular flexibility index (Phi) is 5.46. The number of nitrogens with zero attached hydrogens (tertiary/aromatic N) is 2. The number of fused-ring (bicyclic) bond motifs is 1. The van der Waals surface area contributed by atoms with E-state index in [9.17, 15) is 20.2 Å². The quantitative estimate of drug-likeness (QED) is 0.520. The van der Waals surface area contributed by atoms with Gasteiger partial charge < -0.3 is 5.32 Å². The highest BCUT2D eigenvalue weighted by Crippen LogP contribution is 2.44. The van der Waals surface area contributed by atoms with Crippen LogP contribution in [-0.2, 0) is 12.8 Å². The zero-order valence-electron chi connectivity index (χ0n) is 15.8. The number of carbonyl (C=O) groups is 1. The topological polar surface area (TPSA) is 96.0 Å². The van der Waals surface area contributed by atoms with Crippen molar-refractivity contribution in [3.8, 4) is 6.07 Å². The van der Waals surface area contributed by atoms with E-state index in [0.29, 0.717) is 16.5 Å².